The highest BCUT2D eigenvalue weighted by atomic mass is 16.3. The van der Waals surface area contributed by atoms with Crippen LogP contribution < -0.4 is 0 Å². The molecule has 0 amide bonds. The molecular formula is C20H17NO. The van der Waals surface area contributed by atoms with Gasteiger partial charge in [-0.1, -0.05) is 54.1 Å². The van der Waals surface area contributed by atoms with E-state index in [2.05, 4.69) is 11.9 Å². The van der Waals surface area contributed by atoms with Crippen LogP contribution in [0, 0.1) is 6.92 Å². The van der Waals surface area contributed by atoms with Crippen molar-refractivity contribution in [2.24, 2.45) is 4.99 Å². The molecule has 1 N–H and O–H groups in total. The van der Waals surface area contributed by atoms with E-state index in [1.807, 2.05) is 66.7 Å². The Hall–Kier alpha value is -2.87. The SMILES string of the molecule is Cc1ccc(N=C/C=C/c2ccc(O)c3ccccc23)cc1. The fraction of sp³-hybridized carbons (Fsp3) is 0.0500. The lowest BCUT2D eigenvalue weighted by Crippen LogP contribution is -1.79. The molecule has 0 aromatic heterocycles. The molecule has 2 nitrogen and oxygen atoms in total. The van der Waals surface area contributed by atoms with Crippen molar-refractivity contribution in [3.05, 3.63) is 77.9 Å². The molecule has 0 saturated heterocycles. The monoisotopic (exact) mass is 287 g/mol. The molecule has 0 aliphatic carbocycles. The topological polar surface area (TPSA) is 32.6 Å². The molecule has 3 rings (SSSR count). The highest BCUT2D eigenvalue weighted by Crippen LogP contribution is 2.27. The van der Waals surface area contributed by atoms with Gasteiger partial charge in [0.2, 0.25) is 0 Å². The normalized spacial score (nSPS) is 11.7. The Labute approximate surface area is 130 Å². The summed E-state index contributed by atoms with van der Waals surface area (Å²) in [5, 5.41) is 11.8. The smallest absolute Gasteiger partial charge is 0.123 e. The van der Waals surface area contributed by atoms with Gasteiger partial charge in [-0.15, -0.1) is 0 Å². The second-order valence-corrected chi connectivity index (χ2v) is 5.19. The number of phenolic OH excluding ortho intramolecular Hbond substituents is 1. The summed E-state index contributed by atoms with van der Waals surface area (Å²) in [5.41, 5.74) is 3.22. The van der Waals surface area contributed by atoms with Crippen LogP contribution in [0.5, 0.6) is 5.75 Å². The molecule has 0 spiro atoms. The van der Waals surface area contributed by atoms with E-state index >= 15 is 0 Å². The van der Waals surface area contributed by atoms with Crippen molar-refractivity contribution in [2.75, 3.05) is 0 Å². The van der Waals surface area contributed by atoms with E-state index < -0.39 is 0 Å². The van der Waals surface area contributed by atoms with E-state index in [4.69, 9.17) is 0 Å². The molecule has 0 atom stereocenters. The van der Waals surface area contributed by atoms with Gasteiger partial charge in [0.1, 0.15) is 5.75 Å². The molecule has 108 valence electrons. The second-order valence-electron chi connectivity index (χ2n) is 5.19. The Morgan fingerprint density at radius 1 is 0.864 bits per heavy atom. The van der Waals surface area contributed by atoms with Crippen molar-refractivity contribution in [1.29, 1.82) is 0 Å². The summed E-state index contributed by atoms with van der Waals surface area (Å²) in [4.78, 5) is 4.40. The highest BCUT2D eigenvalue weighted by Gasteiger charge is 2.01. The van der Waals surface area contributed by atoms with Gasteiger partial charge < -0.3 is 5.11 Å². The molecule has 0 fully saturated rings. The van der Waals surface area contributed by atoms with Crippen molar-refractivity contribution in [3.8, 4) is 5.75 Å². The summed E-state index contributed by atoms with van der Waals surface area (Å²) >= 11 is 0. The molecule has 0 saturated carbocycles. The number of nitrogens with zero attached hydrogens (tertiary/aromatic N) is 1. The Morgan fingerprint density at radius 3 is 2.36 bits per heavy atom. The first kappa shape index (κ1) is 14.1. The highest BCUT2D eigenvalue weighted by molar-refractivity contribution is 5.96. The van der Waals surface area contributed by atoms with Crippen LogP contribution in [0.25, 0.3) is 16.8 Å². The maximum Gasteiger partial charge on any atom is 0.123 e. The summed E-state index contributed by atoms with van der Waals surface area (Å²) < 4.78 is 0. The van der Waals surface area contributed by atoms with Gasteiger partial charge in [0.25, 0.3) is 0 Å². The summed E-state index contributed by atoms with van der Waals surface area (Å²) in [6.07, 6.45) is 5.70. The molecule has 22 heavy (non-hydrogen) atoms. The van der Waals surface area contributed by atoms with Gasteiger partial charge >= 0.3 is 0 Å². The first-order chi connectivity index (χ1) is 10.7. The zero-order valence-corrected chi connectivity index (χ0v) is 12.4. The Bertz CT molecular complexity index is 845. The molecule has 0 unspecified atom stereocenters. The predicted molar refractivity (Wildman–Crippen MR) is 94.0 cm³/mol. The van der Waals surface area contributed by atoms with Crippen LogP contribution in [0.2, 0.25) is 0 Å². The predicted octanol–water partition coefficient (Wildman–Crippen LogP) is 5.27. The van der Waals surface area contributed by atoms with E-state index in [-0.39, 0.29) is 0 Å². The van der Waals surface area contributed by atoms with Crippen molar-refractivity contribution in [3.63, 3.8) is 0 Å². The van der Waals surface area contributed by atoms with Gasteiger partial charge in [-0.3, -0.25) is 4.99 Å². The van der Waals surface area contributed by atoms with E-state index in [9.17, 15) is 5.11 Å². The first-order valence-electron chi connectivity index (χ1n) is 7.22. The van der Waals surface area contributed by atoms with Crippen molar-refractivity contribution < 1.29 is 5.11 Å². The molecule has 3 aromatic carbocycles. The van der Waals surface area contributed by atoms with Crippen LogP contribution in [0.1, 0.15) is 11.1 Å². The first-order valence-corrected chi connectivity index (χ1v) is 7.22. The zero-order valence-electron chi connectivity index (χ0n) is 12.4. The molecule has 0 heterocycles. The van der Waals surface area contributed by atoms with Crippen LogP contribution in [0.15, 0.2) is 71.7 Å². The second kappa shape index (κ2) is 6.27. The Kier molecular flexibility index (Phi) is 4.01. The van der Waals surface area contributed by atoms with Gasteiger partial charge in [-0.2, -0.15) is 0 Å². The third kappa shape index (κ3) is 3.07. The number of allylic oxidation sites excluding steroid dienone is 1. The Balaban J connectivity index is 1.84. The molecule has 0 aliphatic rings. The van der Waals surface area contributed by atoms with E-state index in [1.165, 1.54) is 5.56 Å². The van der Waals surface area contributed by atoms with Gasteiger partial charge in [-0.05, 0) is 42.1 Å². The third-order valence-corrected chi connectivity index (χ3v) is 3.55. The van der Waals surface area contributed by atoms with Gasteiger partial charge in [0, 0.05) is 11.6 Å². The number of aliphatic imine (C=N–C) groups is 1. The minimum absolute atomic E-state index is 0.307. The summed E-state index contributed by atoms with van der Waals surface area (Å²) in [5.74, 6) is 0.307. The van der Waals surface area contributed by atoms with Gasteiger partial charge in [0.05, 0.1) is 5.69 Å². The molecule has 3 aromatic rings. The van der Waals surface area contributed by atoms with E-state index in [0.29, 0.717) is 5.75 Å². The van der Waals surface area contributed by atoms with E-state index in [0.717, 1.165) is 22.0 Å². The molecule has 0 bridgehead atoms. The number of aryl methyl sites for hydroxylation is 1. The molecular weight excluding hydrogens is 270 g/mol. The maximum atomic E-state index is 9.89. The lowest BCUT2D eigenvalue weighted by atomic mass is 10.0. The summed E-state index contributed by atoms with van der Waals surface area (Å²) in [7, 11) is 0. The number of hydrogen-bond donors (Lipinski definition) is 1. The van der Waals surface area contributed by atoms with Gasteiger partial charge in [0.15, 0.2) is 0 Å². The lowest BCUT2D eigenvalue weighted by molar-refractivity contribution is 0.481. The summed E-state index contributed by atoms with van der Waals surface area (Å²) in [6, 6.07) is 19.5. The fourth-order valence-electron chi connectivity index (χ4n) is 2.36. The number of aromatic hydroxyl groups is 1. The van der Waals surface area contributed by atoms with Crippen molar-refractivity contribution in [1.82, 2.24) is 0 Å². The van der Waals surface area contributed by atoms with Crippen LogP contribution in [-0.4, -0.2) is 11.3 Å². The van der Waals surface area contributed by atoms with Crippen LogP contribution in [-0.2, 0) is 0 Å². The molecule has 0 aliphatic heterocycles. The number of fused-ring (bicyclic) bond motifs is 1. The standard InChI is InChI=1S/C20H17NO/c1-15-8-11-17(12-9-15)21-14-4-5-16-10-13-20(22)19-7-3-2-6-18(16)19/h2-14,22H,1H3/b5-4+,21-14?. The third-order valence-electron chi connectivity index (χ3n) is 3.55. The Morgan fingerprint density at radius 2 is 1.59 bits per heavy atom. The average Bonchev–Trinajstić information content (AvgIpc) is 2.55. The molecule has 2 heteroatoms. The van der Waals surface area contributed by atoms with Crippen LogP contribution >= 0.6 is 0 Å². The van der Waals surface area contributed by atoms with E-state index in [1.54, 1.807) is 12.3 Å². The fourth-order valence-corrected chi connectivity index (χ4v) is 2.36. The average molecular weight is 287 g/mol. The maximum absolute atomic E-state index is 9.89. The van der Waals surface area contributed by atoms with Gasteiger partial charge in [-0.25, -0.2) is 0 Å². The van der Waals surface area contributed by atoms with Crippen LogP contribution in [0.3, 0.4) is 0 Å². The van der Waals surface area contributed by atoms with Crippen molar-refractivity contribution >= 4 is 28.8 Å². The largest absolute Gasteiger partial charge is 0.507 e. The number of rotatable bonds is 3. The van der Waals surface area contributed by atoms with Crippen LogP contribution in [0.4, 0.5) is 5.69 Å². The summed E-state index contributed by atoms with van der Waals surface area (Å²) in [6.45, 7) is 2.06. The quantitative estimate of drug-likeness (QED) is 0.654. The number of benzene rings is 3. The minimum Gasteiger partial charge on any atom is -0.507 e. The number of hydrogen-bond acceptors (Lipinski definition) is 2. The van der Waals surface area contributed by atoms with Crippen molar-refractivity contribution in [2.45, 2.75) is 6.92 Å². The lowest BCUT2D eigenvalue weighted by Gasteiger charge is -2.03. The molecule has 0 radical (unpaired) electrons. The zero-order chi connectivity index (χ0) is 15.4. The minimum atomic E-state index is 0.307. The number of phenols is 1.